The number of nitrogens with zero attached hydrogens (tertiary/aromatic N) is 3. The average Bonchev–Trinajstić information content (AvgIpc) is 2.59. The van der Waals surface area contributed by atoms with Crippen molar-refractivity contribution in [3.8, 4) is 0 Å². The molecule has 0 aliphatic heterocycles. The van der Waals surface area contributed by atoms with Crippen LogP contribution in [0.2, 0.25) is 0 Å². The molecule has 0 aliphatic rings. The first-order valence-electron chi connectivity index (χ1n) is 8.56. The van der Waals surface area contributed by atoms with Gasteiger partial charge in [0.05, 0.1) is 16.4 Å². The number of benzene rings is 1. The minimum Gasteiger partial charge on any atom is -0.370 e. The summed E-state index contributed by atoms with van der Waals surface area (Å²) < 4.78 is 58.9. The highest BCUT2D eigenvalue weighted by molar-refractivity contribution is 9.09. The first kappa shape index (κ1) is 25.7. The van der Waals surface area contributed by atoms with Gasteiger partial charge in [0.1, 0.15) is 4.90 Å². The van der Waals surface area contributed by atoms with E-state index in [4.69, 9.17) is 4.55 Å². The lowest BCUT2D eigenvalue weighted by Gasteiger charge is -2.26. The fourth-order valence-corrected chi connectivity index (χ4v) is 4.65. The van der Waals surface area contributed by atoms with Gasteiger partial charge < -0.3 is 9.80 Å². The molecule has 1 aromatic carbocycles. The number of hydrogen-bond donors (Lipinski definition) is 2. The number of nitro groups is 1. The molecule has 29 heavy (non-hydrogen) atoms. The molecule has 2 N–H and O–H groups in total. The van der Waals surface area contributed by atoms with Gasteiger partial charge >= 0.3 is 0 Å². The van der Waals surface area contributed by atoms with Crippen LogP contribution in [0, 0.1) is 10.1 Å². The van der Waals surface area contributed by atoms with E-state index >= 15 is 0 Å². The van der Waals surface area contributed by atoms with Gasteiger partial charge in [0.25, 0.3) is 15.8 Å². The molecule has 0 amide bonds. The Hall–Kier alpha value is -1.32. The molecule has 14 heteroatoms. The van der Waals surface area contributed by atoms with Crippen molar-refractivity contribution in [1.29, 1.82) is 0 Å². The van der Waals surface area contributed by atoms with Crippen LogP contribution in [-0.2, 0) is 20.1 Å². The molecule has 1 aromatic rings. The molecule has 0 fully saturated rings. The Morgan fingerprint density at radius 3 is 2.34 bits per heavy atom. The predicted molar refractivity (Wildman–Crippen MR) is 114 cm³/mol. The summed E-state index contributed by atoms with van der Waals surface area (Å²) >= 11 is 3.26. The standard InChI is InChI=1S/C15H25BrN4O7S2/c1-18(2)10-7-17-29(26,27)15-12-13(20(21)22)4-5-14(15)19(9-6-16)8-3-11-28(23,24)25/h4-5,12,17H,3,6-11H2,1-2H3,(H,23,24,25). The Bertz CT molecular complexity index is 907. The second-order valence-corrected chi connectivity index (χ2v) is 10.5. The minimum absolute atomic E-state index is 0.0520. The first-order valence-corrected chi connectivity index (χ1v) is 12.8. The van der Waals surface area contributed by atoms with Crippen molar-refractivity contribution < 1.29 is 26.3 Å². The zero-order chi connectivity index (χ0) is 22.2. The minimum atomic E-state index is -4.16. The summed E-state index contributed by atoms with van der Waals surface area (Å²) in [4.78, 5) is 13.6. The molecule has 0 aromatic heterocycles. The molecule has 0 bridgehead atoms. The zero-order valence-electron chi connectivity index (χ0n) is 16.1. The lowest BCUT2D eigenvalue weighted by molar-refractivity contribution is -0.385. The third-order valence-electron chi connectivity index (χ3n) is 3.82. The molecule has 0 atom stereocenters. The molecule has 0 spiro atoms. The topological polar surface area (TPSA) is 150 Å². The van der Waals surface area contributed by atoms with E-state index in [9.17, 15) is 26.9 Å². The predicted octanol–water partition coefficient (Wildman–Crippen LogP) is 0.914. The van der Waals surface area contributed by atoms with Crippen LogP contribution in [0.5, 0.6) is 0 Å². The van der Waals surface area contributed by atoms with Gasteiger partial charge in [-0.05, 0) is 26.6 Å². The molecule has 1 rings (SSSR count). The van der Waals surface area contributed by atoms with Crippen molar-refractivity contribution in [1.82, 2.24) is 9.62 Å². The second kappa shape index (κ2) is 11.2. The van der Waals surface area contributed by atoms with Gasteiger partial charge in [-0.25, -0.2) is 13.1 Å². The molecule has 166 valence electrons. The third-order valence-corrected chi connectivity index (χ3v) is 6.47. The number of nitrogens with one attached hydrogen (secondary N) is 1. The van der Waals surface area contributed by atoms with E-state index in [0.29, 0.717) is 18.4 Å². The van der Waals surface area contributed by atoms with Crippen LogP contribution in [0.4, 0.5) is 11.4 Å². The maximum absolute atomic E-state index is 12.8. The Kier molecular flexibility index (Phi) is 9.91. The summed E-state index contributed by atoms with van der Waals surface area (Å²) in [6, 6.07) is 3.50. The van der Waals surface area contributed by atoms with Gasteiger partial charge in [-0.3, -0.25) is 14.7 Å². The van der Waals surface area contributed by atoms with Gasteiger partial charge in [0.2, 0.25) is 10.0 Å². The molecular weight excluding hydrogens is 492 g/mol. The zero-order valence-corrected chi connectivity index (χ0v) is 19.3. The van der Waals surface area contributed by atoms with Crippen LogP contribution in [0.1, 0.15) is 6.42 Å². The molecule has 0 saturated carbocycles. The molecule has 0 heterocycles. The molecule has 11 nitrogen and oxygen atoms in total. The summed E-state index contributed by atoms with van der Waals surface area (Å²) in [7, 11) is -4.67. The Labute approximate surface area is 179 Å². The van der Waals surface area contributed by atoms with E-state index in [2.05, 4.69) is 20.7 Å². The van der Waals surface area contributed by atoms with Crippen molar-refractivity contribution in [2.45, 2.75) is 11.3 Å². The highest BCUT2D eigenvalue weighted by atomic mass is 79.9. The van der Waals surface area contributed by atoms with E-state index in [-0.39, 0.29) is 35.8 Å². The highest BCUT2D eigenvalue weighted by Gasteiger charge is 2.25. The molecule has 0 saturated heterocycles. The molecule has 0 radical (unpaired) electrons. The maximum atomic E-state index is 12.8. The van der Waals surface area contributed by atoms with Crippen molar-refractivity contribution in [3.05, 3.63) is 28.3 Å². The number of alkyl halides is 1. The fourth-order valence-electron chi connectivity index (χ4n) is 2.47. The number of sulfonamides is 1. The average molecular weight is 517 g/mol. The monoisotopic (exact) mass is 516 g/mol. The lowest BCUT2D eigenvalue weighted by atomic mass is 10.2. The van der Waals surface area contributed by atoms with Gasteiger partial charge in [-0.15, -0.1) is 0 Å². The van der Waals surface area contributed by atoms with E-state index in [1.54, 1.807) is 23.9 Å². The van der Waals surface area contributed by atoms with E-state index in [1.165, 1.54) is 12.1 Å². The van der Waals surface area contributed by atoms with Crippen LogP contribution < -0.4 is 9.62 Å². The van der Waals surface area contributed by atoms with Crippen molar-refractivity contribution in [2.24, 2.45) is 0 Å². The second-order valence-electron chi connectivity index (χ2n) is 6.43. The van der Waals surface area contributed by atoms with Crippen molar-refractivity contribution >= 4 is 47.4 Å². The molecular formula is C15H25BrN4O7S2. The summed E-state index contributed by atoms with van der Waals surface area (Å²) in [5.41, 5.74) is -0.166. The van der Waals surface area contributed by atoms with Crippen LogP contribution in [-0.4, -0.2) is 82.6 Å². The van der Waals surface area contributed by atoms with Crippen LogP contribution in [0.25, 0.3) is 0 Å². The summed E-state index contributed by atoms with van der Waals surface area (Å²) in [6.45, 7) is 0.995. The third kappa shape index (κ3) is 8.92. The SMILES string of the molecule is CN(C)CCNS(=O)(=O)c1cc([N+](=O)[O-])ccc1N(CCBr)CCCS(=O)(=O)O. The smallest absolute Gasteiger partial charge is 0.270 e. The number of halogens is 1. The van der Waals surface area contributed by atoms with Gasteiger partial charge in [-0.2, -0.15) is 8.42 Å². The maximum Gasteiger partial charge on any atom is 0.270 e. The van der Waals surface area contributed by atoms with Crippen molar-refractivity contribution in [3.63, 3.8) is 0 Å². The number of nitro benzene ring substituents is 1. The Balaban J connectivity index is 3.29. The summed E-state index contributed by atoms with van der Waals surface area (Å²) in [6.07, 6.45) is 0.0520. The number of hydrogen-bond acceptors (Lipinski definition) is 8. The molecule has 0 aliphatic carbocycles. The van der Waals surface area contributed by atoms with Crippen LogP contribution >= 0.6 is 15.9 Å². The van der Waals surface area contributed by atoms with Crippen LogP contribution in [0.3, 0.4) is 0 Å². The van der Waals surface area contributed by atoms with E-state index in [1.807, 2.05) is 0 Å². The van der Waals surface area contributed by atoms with Gasteiger partial charge in [0.15, 0.2) is 0 Å². The number of rotatable bonds is 13. The summed E-state index contributed by atoms with van der Waals surface area (Å²) in [5.74, 6) is -0.484. The number of non-ortho nitro benzene ring substituents is 1. The highest BCUT2D eigenvalue weighted by Crippen LogP contribution is 2.29. The number of likely N-dealkylation sites (N-methyl/N-ethyl adjacent to an activating group) is 1. The van der Waals surface area contributed by atoms with E-state index in [0.717, 1.165) is 6.07 Å². The quantitative estimate of drug-likeness (QED) is 0.168. The summed E-state index contributed by atoms with van der Waals surface area (Å²) in [5, 5.41) is 11.6. The van der Waals surface area contributed by atoms with Gasteiger partial charge in [0, 0.05) is 43.6 Å². The fraction of sp³-hybridized carbons (Fsp3) is 0.600. The molecule has 0 unspecified atom stereocenters. The lowest BCUT2D eigenvalue weighted by Crippen LogP contribution is -2.34. The van der Waals surface area contributed by atoms with Crippen LogP contribution in [0.15, 0.2) is 23.1 Å². The van der Waals surface area contributed by atoms with Crippen molar-refractivity contribution in [2.75, 3.05) is 56.3 Å². The number of anilines is 1. The normalized spacial score (nSPS) is 12.3. The van der Waals surface area contributed by atoms with E-state index < -0.39 is 30.8 Å². The first-order chi connectivity index (χ1) is 13.4. The Morgan fingerprint density at radius 2 is 1.83 bits per heavy atom. The largest absolute Gasteiger partial charge is 0.370 e. The Morgan fingerprint density at radius 1 is 1.17 bits per heavy atom. The van der Waals surface area contributed by atoms with Gasteiger partial charge in [-0.1, -0.05) is 15.9 Å².